The average Bonchev–Trinajstić information content (AvgIpc) is 2.56. The van der Waals surface area contributed by atoms with Crippen LogP contribution in [-0.4, -0.2) is 34.5 Å². The van der Waals surface area contributed by atoms with Crippen LogP contribution in [0.15, 0.2) is 35.5 Å². The van der Waals surface area contributed by atoms with E-state index in [0.717, 1.165) is 31.1 Å². The lowest BCUT2D eigenvalue weighted by Gasteiger charge is -2.47. The largest absolute Gasteiger partial charge is 0.478 e. The molecule has 0 aromatic rings. The predicted molar refractivity (Wildman–Crippen MR) is 111 cm³/mol. The molecule has 0 unspecified atom stereocenters. The third kappa shape index (κ3) is 7.27. The summed E-state index contributed by atoms with van der Waals surface area (Å²) in [6.45, 7) is 10.7. The molecule has 0 heterocycles. The zero-order valence-electron chi connectivity index (χ0n) is 17.8. The molecule has 1 aliphatic carbocycles. The van der Waals surface area contributed by atoms with Crippen LogP contribution in [0.5, 0.6) is 0 Å². The maximum Gasteiger partial charge on any atom is 0.328 e. The van der Waals surface area contributed by atoms with E-state index in [1.54, 1.807) is 19.1 Å². The summed E-state index contributed by atoms with van der Waals surface area (Å²) in [4.78, 5) is 10.8. The van der Waals surface area contributed by atoms with Crippen molar-refractivity contribution in [1.82, 2.24) is 0 Å². The van der Waals surface area contributed by atoms with Crippen molar-refractivity contribution in [3.63, 3.8) is 0 Å². The molecule has 154 valence electrons. The Bertz CT molecular complexity index is 571. The Labute approximate surface area is 165 Å². The number of aliphatic carboxylic acids is 1. The van der Waals surface area contributed by atoms with Gasteiger partial charge in [0.15, 0.2) is 0 Å². The van der Waals surface area contributed by atoms with Crippen molar-refractivity contribution in [3.05, 3.63) is 35.5 Å². The number of carboxylic acids is 1. The van der Waals surface area contributed by atoms with E-state index in [9.17, 15) is 9.90 Å². The number of ether oxygens (including phenoxy) is 1. The molecule has 0 aliphatic heterocycles. The third-order valence-corrected chi connectivity index (χ3v) is 5.55. The Balaban J connectivity index is 2.68. The molecule has 4 nitrogen and oxygen atoms in total. The molecule has 4 heteroatoms. The predicted octanol–water partition coefficient (Wildman–Crippen LogP) is 5.43. The maximum atomic E-state index is 11.3. The number of unbranched alkanes of at least 4 members (excludes halogenated alkanes) is 5. The molecule has 0 spiro atoms. The fraction of sp³-hybridized carbons (Fsp3) is 0.696. The molecule has 0 saturated carbocycles. The Morgan fingerprint density at radius 3 is 2.48 bits per heavy atom. The van der Waals surface area contributed by atoms with E-state index in [1.165, 1.54) is 32.1 Å². The van der Waals surface area contributed by atoms with Gasteiger partial charge in [-0.3, -0.25) is 0 Å². The number of hydrogen-bond donors (Lipinski definition) is 2. The lowest BCUT2D eigenvalue weighted by Crippen LogP contribution is -2.49. The van der Waals surface area contributed by atoms with Crippen molar-refractivity contribution >= 4 is 5.97 Å². The Hall–Kier alpha value is -1.39. The SMILES string of the molecule is CCCCCCCCO[C@H]1C=C(C)[C@@](O)(/C=C/C(C)=C\C(=O)O)C(C)(C)C1. The topological polar surface area (TPSA) is 66.8 Å². The van der Waals surface area contributed by atoms with Crippen molar-refractivity contribution in [2.24, 2.45) is 5.41 Å². The molecule has 0 aromatic heterocycles. The average molecular weight is 379 g/mol. The molecule has 0 saturated heterocycles. The summed E-state index contributed by atoms with van der Waals surface area (Å²) < 4.78 is 6.07. The Morgan fingerprint density at radius 2 is 1.89 bits per heavy atom. The van der Waals surface area contributed by atoms with Crippen molar-refractivity contribution < 1.29 is 19.7 Å². The highest BCUT2D eigenvalue weighted by atomic mass is 16.5. The van der Waals surface area contributed by atoms with Crippen molar-refractivity contribution in [3.8, 4) is 0 Å². The second-order valence-electron chi connectivity index (χ2n) is 8.44. The standard InChI is InChI=1S/C23H38O4/c1-6-7-8-9-10-11-14-27-20-16-19(3)23(26,22(4,5)17-20)13-12-18(2)15-21(24)25/h12-13,15-16,20,26H,6-11,14,17H2,1-5H3,(H,24,25)/b13-12+,18-15-/t20-,23-/m0/s1. The number of carboxylic acid groups (broad SMARTS) is 1. The molecule has 2 atom stereocenters. The number of allylic oxidation sites excluding steroid dienone is 2. The number of hydrogen-bond acceptors (Lipinski definition) is 3. The van der Waals surface area contributed by atoms with Gasteiger partial charge >= 0.3 is 5.97 Å². The number of carbonyl (C=O) groups is 1. The van der Waals surface area contributed by atoms with E-state index < -0.39 is 17.0 Å². The highest BCUT2D eigenvalue weighted by molar-refractivity contribution is 5.81. The fourth-order valence-electron chi connectivity index (χ4n) is 3.73. The highest BCUT2D eigenvalue weighted by Gasteiger charge is 2.47. The molecule has 0 bridgehead atoms. The van der Waals surface area contributed by atoms with Crippen molar-refractivity contribution in [1.29, 1.82) is 0 Å². The normalized spacial score (nSPS) is 25.6. The Kier molecular flexibility index (Phi) is 9.48. The van der Waals surface area contributed by atoms with Gasteiger partial charge in [0.05, 0.1) is 6.10 Å². The zero-order chi connectivity index (χ0) is 20.5. The van der Waals surface area contributed by atoms with Crippen LogP contribution >= 0.6 is 0 Å². The molecule has 0 aromatic carbocycles. The van der Waals surface area contributed by atoms with Crippen LogP contribution in [0.2, 0.25) is 0 Å². The van der Waals surface area contributed by atoms with E-state index in [1.807, 2.05) is 26.8 Å². The molecular weight excluding hydrogens is 340 g/mol. The molecule has 27 heavy (non-hydrogen) atoms. The molecule has 0 amide bonds. The van der Waals surface area contributed by atoms with Gasteiger partial charge in [-0.15, -0.1) is 0 Å². The van der Waals surface area contributed by atoms with Gasteiger partial charge in [0.1, 0.15) is 5.60 Å². The van der Waals surface area contributed by atoms with Crippen LogP contribution in [0.1, 0.15) is 79.6 Å². The van der Waals surface area contributed by atoms with Gasteiger partial charge in [0.2, 0.25) is 0 Å². The van der Waals surface area contributed by atoms with Crippen molar-refractivity contribution in [2.75, 3.05) is 6.61 Å². The Morgan fingerprint density at radius 1 is 1.26 bits per heavy atom. The first-order valence-electron chi connectivity index (χ1n) is 10.3. The monoisotopic (exact) mass is 378 g/mol. The summed E-state index contributed by atoms with van der Waals surface area (Å²) in [6.07, 6.45) is 14.7. The summed E-state index contributed by atoms with van der Waals surface area (Å²) >= 11 is 0. The summed E-state index contributed by atoms with van der Waals surface area (Å²) in [7, 11) is 0. The summed E-state index contributed by atoms with van der Waals surface area (Å²) in [5.41, 5.74) is -0.0647. The highest BCUT2D eigenvalue weighted by Crippen LogP contribution is 2.46. The van der Waals surface area contributed by atoms with Crippen molar-refractivity contribution in [2.45, 2.75) is 91.3 Å². The van der Waals surface area contributed by atoms with Crippen LogP contribution < -0.4 is 0 Å². The van der Waals surface area contributed by atoms with Gasteiger partial charge in [-0.05, 0) is 43.9 Å². The maximum absolute atomic E-state index is 11.3. The van der Waals surface area contributed by atoms with Crippen LogP contribution in [0.3, 0.4) is 0 Å². The molecule has 0 radical (unpaired) electrons. The van der Waals surface area contributed by atoms with Crippen LogP contribution in [0.25, 0.3) is 0 Å². The molecule has 0 fully saturated rings. The first-order chi connectivity index (χ1) is 12.6. The quantitative estimate of drug-likeness (QED) is 0.218. The van der Waals surface area contributed by atoms with Gasteiger partial charge in [-0.25, -0.2) is 4.79 Å². The minimum atomic E-state index is -1.11. The first kappa shape index (κ1) is 23.6. The second-order valence-corrected chi connectivity index (χ2v) is 8.44. The van der Waals surface area contributed by atoms with E-state index >= 15 is 0 Å². The van der Waals surface area contributed by atoms with Gasteiger partial charge in [0.25, 0.3) is 0 Å². The fourth-order valence-corrected chi connectivity index (χ4v) is 3.73. The summed E-state index contributed by atoms with van der Waals surface area (Å²) in [6, 6.07) is 0. The molecular formula is C23H38O4. The van der Waals surface area contributed by atoms with Crippen LogP contribution in [0.4, 0.5) is 0 Å². The lowest BCUT2D eigenvalue weighted by atomic mass is 9.64. The minimum absolute atomic E-state index is 0.0139. The molecule has 1 aliphatic rings. The summed E-state index contributed by atoms with van der Waals surface area (Å²) in [5.74, 6) is -0.984. The van der Waals surface area contributed by atoms with E-state index in [0.29, 0.717) is 5.57 Å². The van der Waals surface area contributed by atoms with Crippen LogP contribution in [-0.2, 0) is 9.53 Å². The number of aliphatic hydroxyl groups is 1. The second kappa shape index (κ2) is 10.8. The van der Waals surface area contributed by atoms with Gasteiger partial charge < -0.3 is 14.9 Å². The van der Waals surface area contributed by atoms with E-state index in [2.05, 4.69) is 6.92 Å². The summed E-state index contributed by atoms with van der Waals surface area (Å²) in [5, 5.41) is 20.1. The lowest BCUT2D eigenvalue weighted by molar-refractivity contribution is -0.131. The number of rotatable bonds is 11. The molecule has 1 rings (SSSR count). The van der Waals surface area contributed by atoms with E-state index in [4.69, 9.17) is 9.84 Å². The first-order valence-corrected chi connectivity index (χ1v) is 10.3. The van der Waals surface area contributed by atoms with Gasteiger partial charge in [-0.1, -0.05) is 65.0 Å². The van der Waals surface area contributed by atoms with Gasteiger partial charge in [-0.2, -0.15) is 0 Å². The van der Waals surface area contributed by atoms with Crippen LogP contribution in [0, 0.1) is 5.41 Å². The van der Waals surface area contributed by atoms with Gasteiger partial charge in [0, 0.05) is 18.1 Å². The molecule has 2 N–H and O–H groups in total. The van der Waals surface area contributed by atoms with E-state index in [-0.39, 0.29) is 6.10 Å². The third-order valence-electron chi connectivity index (χ3n) is 5.55. The zero-order valence-corrected chi connectivity index (χ0v) is 17.8. The smallest absolute Gasteiger partial charge is 0.328 e. The minimum Gasteiger partial charge on any atom is -0.478 e.